The van der Waals surface area contributed by atoms with Crippen molar-refractivity contribution in [3.63, 3.8) is 0 Å². The van der Waals surface area contributed by atoms with Gasteiger partial charge in [-0.05, 0) is 19.3 Å². The number of hydrogen-bond acceptors (Lipinski definition) is 4. The lowest BCUT2D eigenvalue weighted by Gasteiger charge is -2.33. The molecule has 1 atom stereocenters. The van der Waals surface area contributed by atoms with Crippen LogP contribution in [0.15, 0.2) is 0 Å². The van der Waals surface area contributed by atoms with Crippen molar-refractivity contribution in [2.45, 2.75) is 25.4 Å². The molecule has 1 heterocycles. The fourth-order valence-electron chi connectivity index (χ4n) is 1.91. The molecule has 0 spiro atoms. The largest absolute Gasteiger partial charge is 0.396 e. The monoisotopic (exact) mass is 266 g/mol. The molecule has 1 N–H and O–H groups in total. The topological polar surface area (TPSA) is 70.1 Å². The van der Waals surface area contributed by atoms with Gasteiger partial charge in [0.05, 0.1) is 6.10 Å². The molecule has 0 aliphatic carbocycles. The summed E-state index contributed by atoms with van der Waals surface area (Å²) in [5.74, 6) is 0. The van der Waals surface area contributed by atoms with Crippen molar-refractivity contribution in [2.24, 2.45) is 0 Å². The summed E-state index contributed by atoms with van der Waals surface area (Å²) in [6.07, 6.45) is 2.18. The normalized spacial score (nSPS) is 23.2. The summed E-state index contributed by atoms with van der Waals surface area (Å²) in [5, 5.41) is 8.72. The van der Waals surface area contributed by atoms with E-state index < -0.39 is 10.2 Å². The van der Waals surface area contributed by atoms with Crippen LogP contribution in [0.3, 0.4) is 0 Å². The number of aliphatic hydroxyl groups is 1. The number of hydrogen-bond donors (Lipinski definition) is 1. The lowest BCUT2D eigenvalue weighted by atomic mass is 10.1. The minimum Gasteiger partial charge on any atom is -0.396 e. The van der Waals surface area contributed by atoms with Gasteiger partial charge in [0.2, 0.25) is 0 Å². The fourth-order valence-corrected chi connectivity index (χ4v) is 3.38. The molecule has 0 radical (unpaired) electrons. The first-order valence-corrected chi connectivity index (χ1v) is 7.27. The Balaban J connectivity index is 2.62. The van der Waals surface area contributed by atoms with Crippen molar-refractivity contribution in [1.29, 1.82) is 0 Å². The molecule has 0 aromatic rings. The molecule has 0 aromatic carbocycles. The molecule has 1 aliphatic heterocycles. The maximum absolute atomic E-state index is 12.2. The number of piperidine rings is 1. The van der Waals surface area contributed by atoms with Gasteiger partial charge in [-0.1, -0.05) is 0 Å². The molecule has 1 unspecified atom stereocenters. The van der Waals surface area contributed by atoms with Crippen LogP contribution in [0.1, 0.15) is 19.3 Å². The minimum absolute atomic E-state index is 0.000552. The molecule has 0 saturated carbocycles. The van der Waals surface area contributed by atoms with Gasteiger partial charge in [-0.2, -0.15) is 17.0 Å². The highest BCUT2D eigenvalue weighted by Gasteiger charge is 2.31. The smallest absolute Gasteiger partial charge is 0.281 e. The van der Waals surface area contributed by atoms with Gasteiger partial charge in [-0.25, -0.2) is 0 Å². The van der Waals surface area contributed by atoms with Crippen LogP contribution in [0.2, 0.25) is 0 Å². The van der Waals surface area contributed by atoms with E-state index in [-0.39, 0.29) is 12.7 Å². The van der Waals surface area contributed by atoms with E-state index in [1.54, 1.807) is 14.2 Å². The summed E-state index contributed by atoms with van der Waals surface area (Å²) in [5.41, 5.74) is 0. The summed E-state index contributed by atoms with van der Waals surface area (Å²) < 4.78 is 32.3. The van der Waals surface area contributed by atoms with E-state index in [4.69, 9.17) is 9.84 Å². The Bertz CT molecular complexity index is 320. The number of aliphatic hydroxyl groups excluding tert-OH is 1. The Kier molecular flexibility index (Phi) is 5.81. The molecular formula is C10H22N2O4S. The Labute approximate surface area is 103 Å². The van der Waals surface area contributed by atoms with Gasteiger partial charge in [0, 0.05) is 40.4 Å². The van der Waals surface area contributed by atoms with Gasteiger partial charge >= 0.3 is 0 Å². The quantitative estimate of drug-likeness (QED) is 0.714. The second-order valence-corrected chi connectivity index (χ2v) is 6.30. The van der Waals surface area contributed by atoms with Crippen molar-refractivity contribution in [1.82, 2.24) is 8.61 Å². The van der Waals surface area contributed by atoms with Crippen molar-refractivity contribution >= 4 is 10.2 Å². The zero-order chi connectivity index (χ0) is 12.9. The predicted molar refractivity (Wildman–Crippen MR) is 64.9 cm³/mol. The Morgan fingerprint density at radius 3 is 2.82 bits per heavy atom. The SMILES string of the molecule is COC1CCCN(S(=O)(=O)N(C)CCCO)C1. The predicted octanol–water partition coefficient (Wildman–Crippen LogP) is -0.344. The molecular weight excluding hydrogens is 244 g/mol. The van der Waals surface area contributed by atoms with Gasteiger partial charge < -0.3 is 9.84 Å². The van der Waals surface area contributed by atoms with Crippen LogP contribution < -0.4 is 0 Å². The number of rotatable bonds is 6. The molecule has 17 heavy (non-hydrogen) atoms. The molecule has 1 rings (SSSR count). The van der Waals surface area contributed by atoms with E-state index in [9.17, 15) is 8.42 Å². The van der Waals surface area contributed by atoms with Gasteiger partial charge in [-0.3, -0.25) is 0 Å². The zero-order valence-electron chi connectivity index (χ0n) is 10.5. The van der Waals surface area contributed by atoms with Gasteiger partial charge in [0.1, 0.15) is 0 Å². The van der Waals surface area contributed by atoms with E-state index in [2.05, 4.69) is 0 Å². The fraction of sp³-hybridized carbons (Fsp3) is 1.00. The van der Waals surface area contributed by atoms with Crippen LogP contribution in [-0.4, -0.2) is 68.6 Å². The molecule has 7 heteroatoms. The Morgan fingerprint density at radius 1 is 1.53 bits per heavy atom. The van der Waals surface area contributed by atoms with Gasteiger partial charge in [-0.15, -0.1) is 0 Å². The second kappa shape index (κ2) is 6.65. The average Bonchev–Trinajstić information content (AvgIpc) is 2.35. The third-order valence-corrected chi connectivity index (χ3v) is 4.98. The van der Waals surface area contributed by atoms with Crippen molar-refractivity contribution in [3.8, 4) is 0 Å². The first-order chi connectivity index (χ1) is 8.02. The van der Waals surface area contributed by atoms with Crippen molar-refractivity contribution < 1.29 is 18.3 Å². The van der Waals surface area contributed by atoms with E-state index in [1.807, 2.05) is 0 Å². The van der Waals surface area contributed by atoms with Crippen molar-refractivity contribution in [2.75, 3.05) is 40.4 Å². The highest BCUT2D eigenvalue weighted by Crippen LogP contribution is 2.17. The number of ether oxygens (including phenoxy) is 1. The second-order valence-electron chi connectivity index (χ2n) is 4.26. The highest BCUT2D eigenvalue weighted by atomic mass is 32.2. The molecule has 6 nitrogen and oxygen atoms in total. The summed E-state index contributed by atoms with van der Waals surface area (Å²) in [6.45, 7) is 1.31. The van der Waals surface area contributed by atoms with Gasteiger partial charge in [0.15, 0.2) is 0 Å². The van der Waals surface area contributed by atoms with E-state index in [1.165, 1.54) is 8.61 Å². The van der Waals surface area contributed by atoms with E-state index in [0.29, 0.717) is 26.1 Å². The summed E-state index contributed by atoms with van der Waals surface area (Å²) in [6, 6.07) is 0. The number of nitrogens with zero attached hydrogens (tertiary/aromatic N) is 2. The molecule has 0 amide bonds. The van der Waals surface area contributed by atoms with E-state index >= 15 is 0 Å². The molecule has 0 bridgehead atoms. The molecule has 1 aliphatic rings. The van der Waals surface area contributed by atoms with Crippen LogP contribution in [0.5, 0.6) is 0 Å². The third kappa shape index (κ3) is 3.89. The molecule has 1 saturated heterocycles. The standard InChI is InChI=1S/C10H22N2O4S/c1-11(6-4-8-13)17(14,15)12-7-3-5-10(9-12)16-2/h10,13H,3-9H2,1-2H3. The first kappa shape index (κ1) is 14.8. The van der Waals surface area contributed by atoms with Crippen LogP contribution in [0, 0.1) is 0 Å². The Hall–Kier alpha value is -0.210. The summed E-state index contributed by atoms with van der Waals surface area (Å²) >= 11 is 0. The molecule has 0 aromatic heterocycles. The zero-order valence-corrected chi connectivity index (χ0v) is 11.3. The van der Waals surface area contributed by atoms with Crippen LogP contribution >= 0.6 is 0 Å². The maximum Gasteiger partial charge on any atom is 0.281 e. The minimum atomic E-state index is -3.40. The summed E-state index contributed by atoms with van der Waals surface area (Å²) in [4.78, 5) is 0. The molecule has 1 fully saturated rings. The first-order valence-electron chi connectivity index (χ1n) is 5.87. The van der Waals surface area contributed by atoms with Crippen LogP contribution in [0.4, 0.5) is 0 Å². The lowest BCUT2D eigenvalue weighted by molar-refractivity contribution is 0.0555. The maximum atomic E-state index is 12.2. The Morgan fingerprint density at radius 2 is 2.24 bits per heavy atom. The van der Waals surface area contributed by atoms with Crippen molar-refractivity contribution in [3.05, 3.63) is 0 Å². The highest BCUT2D eigenvalue weighted by molar-refractivity contribution is 7.86. The van der Waals surface area contributed by atoms with Crippen LogP contribution in [-0.2, 0) is 14.9 Å². The molecule has 102 valence electrons. The average molecular weight is 266 g/mol. The summed E-state index contributed by atoms with van der Waals surface area (Å²) in [7, 11) is -0.251. The van der Waals surface area contributed by atoms with E-state index in [0.717, 1.165) is 12.8 Å². The van der Waals surface area contributed by atoms with Gasteiger partial charge in [0.25, 0.3) is 10.2 Å². The lowest BCUT2D eigenvalue weighted by Crippen LogP contribution is -2.48. The van der Waals surface area contributed by atoms with Crippen LogP contribution in [0.25, 0.3) is 0 Å². The number of methoxy groups -OCH3 is 1. The third-order valence-electron chi connectivity index (χ3n) is 3.03.